The summed E-state index contributed by atoms with van der Waals surface area (Å²) in [7, 11) is 5.18. The zero-order valence-corrected chi connectivity index (χ0v) is 15.2. The van der Waals surface area contributed by atoms with Crippen molar-refractivity contribution in [3.63, 3.8) is 0 Å². The largest absolute Gasteiger partial charge is 0.497 e. The van der Waals surface area contributed by atoms with E-state index in [1.54, 1.807) is 26.1 Å². The lowest BCUT2D eigenvalue weighted by atomic mass is 10.1. The van der Waals surface area contributed by atoms with Crippen LogP contribution in [0.25, 0.3) is 10.9 Å². The maximum Gasteiger partial charge on any atom is 0.253 e. The van der Waals surface area contributed by atoms with E-state index in [4.69, 9.17) is 9.72 Å². The predicted molar refractivity (Wildman–Crippen MR) is 103 cm³/mol. The van der Waals surface area contributed by atoms with Crippen molar-refractivity contribution >= 4 is 28.3 Å². The lowest BCUT2D eigenvalue weighted by molar-refractivity contribution is 0.0827. The topological polar surface area (TPSA) is 45.7 Å². The van der Waals surface area contributed by atoms with Gasteiger partial charge in [0.1, 0.15) is 11.6 Å². The number of carbonyl (C=O) groups excluding carboxylic acids is 1. The number of hydrogen-bond donors (Lipinski definition) is 0. The maximum atomic E-state index is 12.1. The molecule has 0 bridgehead atoms. The molecular weight excluding hydrogens is 326 g/mol. The van der Waals surface area contributed by atoms with Crippen LogP contribution in [0, 0.1) is 0 Å². The number of anilines is 2. The van der Waals surface area contributed by atoms with E-state index in [-0.39, 0.29) is 5.91 Å². The van der Waals surface area contributed by atoms with Crippen LogP contribution in [0.3, 0.4) is 0 Å². The third kappa shape index (κ3) is 2.75. The molecule has 132 valence electrons. The molecule has 5 heteroatoms. The molecule has 0 fully saturated rings. The quantitative estimate of drug-likeness (QED) is 0.726. The number of rotatable bonds is 3. The van der Waals surface area contributed by atoms with Crippen LogP contribution < -0.4 is 9.64 Å². The second-order valence-corrected chi connectivity index (χ2v) is 6.68. The smallest absolute Gasteiger partial charge is 0.253 e. The molecule has 1 aromatic heterocycles. The van der Waals surface area contributed by atoms with Gasteiger partial charge in [0.05, 0.1) is 12.6 Å². The molecule has 4 rings (SSSR count). The van der Waals surface area contributed by atoms with Crippen LogP contribution in [0.1, 0.15) is 15.9 Å². The molecule has 0 saturated heterocycles. The molecule has 0 spiro atoms. The fraction of sp³-hybridized carbons (Fsp3) is 0.238. The highest BCUT2D eigenvalue weighted by molar-refractivity contribution is 5.94. The molecule has 1 aliphatic heterocycles. The number of methoxy groups -OCH3 is 1. The molecule has 1 aliphatic rings. The maximum absolute atomic E-state index is 12.1. The van der Waals surface area contributed by atoms with E-state index in [9.17, 15) is 4.79 Å². The van der Waals surface area contributed by atoms with Gasteiger partial charge in [-0.25, -0.2) is 4.98 Å². The van der Waals surface area contributed by atoms with Crippen LogP contribution in [-0.4, -0.2) is 43.5 Å². The van der Waals surface area contributed by atoms with Crippen LogP contribution >= 0.6 is 0 Å². The molecule has 0 aliphatic carbocycles. The van der Waals surface area contributed by atoms with Gasteiger partial charge in [-0.15, -0.1) is 0 Å². The van der Waals surface area contributed by atoms with Crippen molar-refractivity contribution in [1.82, 2.24) is 9.88 Å². The Morgan fingerprint density at radius 2 is 1.88 bits per heavy atom. The van der Waals surface area contributed by atoms with Gasteiger partial charge in [0.25, 0.3) is 5.91 Å². The third-order valence-electron chi connectivity index (χ3n) is 4.77. The molecular formula is C21H21N3O2. The standard InChI is InChI=1S/C21H21N3O2/c1-23(2)21(25)14-4-7-17(8-5-14)24-11-10-16-12-15-6-9-18(26-3)13-19(15)22-20(16)24/h4-9,12-13H,10-11H2,1-3H3. The van der Waals surface area contributed by atoms with Gasteiger partial charge in [-0.3, -0.25) is 4.79 Å². The van der Waals surface area contributed by atoms with Crippen molar-refractivity contribution in [2.24, 2.45) is 0 Å². The van der Waals surface area contributed by atoms with Crippen molar-refractivity contribution in [1.29, 1.82) is 0 Å². The highest BCUT2D eigenvalue weighted by Gasteiger charge is 2.23. The first kappa shape index (κ1) is 16.4. The predicted octanol–water partition coefficient (Wildman–Crippen LogP) is 3.64. The SMILES string of the molecule is COc1ccc2cc3c(nc2c1)N(c1ccc(C(=O)N(C)C)cc1)CC3. The monoisotopic (exact) mass is 347 g/mol. The molecule has 0 radical (unpaired) electrons. The van der Waals surface area contributed by atoms with Gasteiger partial charge in [-0.1, -0.05) is 0 Å². The minimum atomic E-state index is 0.00888. The van der Waals surface area contributed by atoms with E-state index in [1.807, 2.05) is 42.5 Å². The van der Waals surface area contributed by atoms with E-state index in [2.05, 4.69) is 11.0 Å². The van der Waals surface area contributed by atoms with Crippen molar-refractivity contribution in [2.45, 2.75) is 6.42 Å². The summed E-state index contributed by atoms with van der Waals surface area (Å²) in [5.41, 5.74) is 3.91. The van der Waals surface area contributed by atoms with E-state index in [0.717, 1.165) is 41.1 Å². The second-order valence-electron chi connectivity index (χ2n) is 6.68. The van der Waals surface area contributed by atoms with Crippen molar-refractivity contribution < 1.29 is 9.53 Å². The minimum Gasteiger partial charge on any atom is -0.497 e. The van der Waals surface area contributed by atoms with Crippen LogP contribution in [-0.2, 0) is 6.42 Å². The van der Waals surface area contributed by atoms with Crippen LogP contribution in [0.5, 0.6) is 5.75 Å². The van der Waals surface area contributed by atoms with Gasteiger partial charge in [0.2, 0.25) is 0 Å². The van der Waals surface area contributed by atoms with Crippen LogP contribution in [0.4, 0.5) is 11.5 Å². The number of amides is 1. The molecule has 0 saturated carbocycles. The molecule has 2 heterocycles. The molecule has 1 amide bonds. The number of fused-ring (bicyclic) bond motifs is 2. The highest BCUT2D eigenvalue weighted by atomic mass is 16.5. The molecule has 26 heavy (non-hydrogen) atoms. The average molecular weight is 347 g/mol. The fourth-order valence-electron chi connectivity index (χ4n) is 3.36. The van der Waals surface area contributed by atoms with Gasteiger partial charge in [-0.2, -0.15) is 0 Å². The first-order valence-electron chi connectivity index (χ1n) is 8.64. The summed E-state index contributed by atoms with van der Waals surface area (Å²) in [5.74, 6) is 1.80. The first-order valence-corrected chi connectivity index (χ1v) is 8.64. The summed E-state index contributed by atoms with van der Waals surface area (Å²) in [6.07, 6.45) is 0.961. The summed E-state index contributed by atoms with van der Waals surface area (Å²) in [6.45, 7) is 0.886. The molecule has 2 aromatic carbocycles. The molecule has 0 unspecified atom stereocenters. The molecule has 3 aromatic rings. The Morgan fingerprint density at radius 1 is 1.12 bits per heavy atom. The van der Waals surface area contributed by atoms with Gasteiger partial charge >= 0.3 is 0 Å². The Hall–Kier alpha value is -3.08. The van der Waals surface area contributed by atoms with Gasteiger partial charge in [-0.05, 0) is 54.4 Å². The number of ether oxygens (including phenoxy) is 1. The summed E-state index contributed by atoms with van der Waals surface area (Å²) in [5, 5.41) is 1.12. The number of hydrogen-bond acceptors (Lipinski definition) is 4. The van der Waals surface area contributed by atoms with Crippen LogP contribution in [0.2, 0.25) is 0 Å². The Kier molecular flexibility index (Phi) is 3.99. The number of pyridine rings is 1. The van der Waals surface area contributed by atoms with E-state index >= 15 is 0 Å². The lowest BCUT2D eigenvalue weighted by Crippen LogP contribution is -2.21. The average Bonchev–Trinajstić information content (AvgIpc) is 3.07. The lowest BCUT2D eigenvalue weighted by Gasteiger charge is -2.19. The summed E-state index contributed by atoms with van der Waals surface area (Å²) < 4.78 is 5.32. The summed E-state index contributed by atoms with van der Waals surface area (Å²) >= 11 is 0. The Labute approximate surface area is 152 Å². The first-order chi connectivity index (χ1) is 12.6. The molecule has 5 nitrogen and oxygen atoms in total. The van der Waals surface area contributed by atoms with Crippen molar-refractivity contribution in [3.05, 3.63) is 59.7 Å². The normalized spacial score (nSPS) is 13.0. The molecule has 0 N–H and O–H groups in total. The highest BCUT2D eigenvalue weighted by Crippen LogP contribution is 2.35. The number of aromatic nitrogens is 1. The van der Waals surface area contributed by atoms with Crippen molar-refractivity contribution in [2.75, 3.05) is 32.6 Å². The molecule has 0 atom stereocenters. The third-order valence-corrected chi connectivity index (χ3v) is 4.77. The van der Waals surface area contributed by atoms with E-state index < -0.39 is 0 Å². The second kappa shape index (κ2) is 6.33. The fourth-order valence-corrected chi connectivity index (χ4v) is 3.36. The summed E-state index contributed by atoms with van der Waals surface area (Å²) in [6, 6.07) is 15.9. The summed E-state index contributed by atoms with van der Waals surface area (Å²) in [4.78, 5) is 20.7. The zero-order chi connectivity index (χ0) is 18.3. The van der Waals surface area contributed by atoms with Crippen LogP contribution in [0.15, 0.2) is 48.5 Å². The number of carbonyl (C=O) groups is 1. The Morgan fingerprint density at radius 3 is 2.58 bits per heavy atom. The number of nitrogens with zero attached hydrogens (tertiary/aromatic N) is 3. The van der Waals surface area contributed by atoms with E-state index in [1.165, 1.54) is 5.56 Å². The van der Waals surface area contributed by atoms with Gasteiger partial charge in [0.15, 0.2) is 0 Å². The van der Waals surface area contributed by atoms with Gasteiger partial charge < -0.3 is 14.5 Å². The van der Waals surface area contributed by atoms with Gasteiger partial charge in [0, 0.05) is 43.3 Å². The minimum absolute atomic E-state index is 0.00888. The number of benzene rings is 2. The van der Waals surface area contributed by atoms with Crippen molar-refractivity contribution in [3.8, 4) is 5.75 Å². The van der Waals surface area contributed by atoms with E-state index in [0.29, 0.717) is 5.56 Å². The Balaban J connectivity index is 1.70. The zero-order valence-electron chi connectivity index (χ0n) is 15.2. The Bertz CT molecular complexity index is 980.